The molecule has 0 unspecified atom stereocenters. The van der Waals surface area contributed by atoms with Gasteiger partial charge in [-0.15, -0.1) is 0 Å². The first kappa shape index (κ1) is 24.0. The Morgan fingerprint density at radius 3 is 2.19 bits per heavy atom. The predicted molar refractivity (Wildman–Crippen MR) is 120 cm³/mol. The van der Waals surface area contributed by atoms with Crippen LogP contribution in [0.1, 0.15) is 10.8 Å². The van der Waals surface area contributed by atoms with E-state index in [1.807, 2.05) is 0 Å². The molecule has 0 radical (unpaired) electrons. The Kier molecular flexibility index (Phi) is 7.40. The number of methoxy groups -OCH3 is 2. The first-order valence-corrected chi connectivity index (χ1v) is 12.7. The minimum atomic E-state index is -4.06. The lowest BCUT2D eigenvalue weighted by molar-refractivity contribution is 0.354. The van der Waals surface area contributed by atoms with Crippen LogP contribution in [0.2, 0.25) is 5.02 Å². The second kappa shape index (κ2) is 9.86. The summed E-state index contributed by atoms with van der Waals surface area (Å²) in [6, 6.07) is 12.9. The lowest BCUT2D eigenvalue weighted by atomic mass is 10.2. The highest BCUT2D eigenvalue weighted by Crippen LogP contribution is 2.31. The molecule has 32 heavy (non-hydrogen) atoms. The van der Waals surface area contributed by atoms with Crippen LogP contribution in [0.15, 0.2) is 76.8 Å². The number of pyridine rings is 1. The summed E-state index contributed by atoms with van der Waals surface area (Å²) in [5, 5.41) is -0.830. The maximum absolute atomic E-state index is 13.3. The summed E-state index contributed by atoms with van der Waals surface area (Å²) >= 11 is 5.88. The van der Waals surface area contributed by atoms with E-state index in [9.17, 15) is 16.8 Å². The topological polar surface area (TPSA) is 112 Å². The molecule has 1 atom stereocenters. The molecule has 170 valence electrons. The van der Waals surface area contributed by atoms with E-state index in [0.29, 0.717) is 16.3 Å². The van der Waals surface area contributed by atoms with Crippen molar-refractivity contribution in [1.29, 1.82) is 0 Å². The van der Waals surface area contributed by atoms with Gasteiger partial charge in [-0.25, -0.2) is 21.6 Å². The molecule has 11 heteroatoms. The normalized spacial score (nSPS) is 12.8. The van der Waals surface area contributed by atoms with Gasteiger partial charge in [0.2, 0.25) is 10.0 Å². The Hall–Kier alpha value is -2.66. The summed E-state index contributed by atoms with van der Waals surface area (Å²) in [4.78, 5) is 3.90. The van der Waals surface area contributed by atoms with Gasteiger partial charge in [0.1, 0.15) is 5.25 Å². The molecule has 2 aromatic carbocycles. The van der Waals surface area contributed by atoms with Crippen molar-refractivity contribution < 1.29 is 26.3 Å². The molecule has 8 nitrogen and oxygen atoms in total. The molecule has 1 N–H and O–H groups in total. The highest BCUT2D eigenvalue weighted by molar-refractivity contribution is 7.92. The first-order chi connectivity index (χ1) is 15.2. The number of benzene rings is 2. The monoisotopic (exact) mass is 496 g/mol. The van der Waals surface area contributed by atoms with Crippen LogP contribution < -0.4 is 14.2 Å². The van der Waals surface area contributed by atoms with E-state index in [4.69, 9.17) is 21.1 Å². The lowest BCUT2D eigenvalue weighted by Crippen LogP contribution is -2.32. The van der Waals surface area contributed by atoms with E-state index in [1.54, 1.807) is 12.1 Å². The number of hydrogen-bond donors (Lipinski definition) is 1. The van der Waals surface area contributed by atoms with E-state index in [1.165, 1.54) is 69.1 Å². The number of sulfonamides is 1. The largest absolute Gasteiger partial charge is 0.493 e. The van der Waals surface area contributed by atoms with Gasteiger partial charge in [-0.1, -0.05) is 17.7 Å². The molecule has 0 bridgehead atoms. The Labute approximate surface area is 192 Å². The third-order valence-electron chi connectivity index (χ3n) is 4.70. The van der Waals surface area contributed by atoms with Crippen molar-refractivity contribution in [2.75, 3.05) is 20.8 Å². The zero-order chi connectivity index (χ0) is 23.4. The minimum absolute atomic E-state index is 0.0149. The molecule has 1 aromatic heterocycles. The van der Waals surface area contributed by atoms with Crippen LogP contribution >= 0.6 is 11.6 Å². The van der Waals surface area contributed by atoms with Crippen molar-refractivity contribution in [3.63, 3.8) is 0 Å². The molecule has 0 spiro atoms. The van der Waals surface area contributed by atoms with Crippen LogP contribution in [0.4, 0.5) is 0 Å². The fraction of sp³-hybridized carbons (Fsp3) is 0.190. The number of nitrogens with zero attached hydrogens (tertiary/aromatic N) is 1. The fourth-order valence-corrected chi connectivity index (χ4v) is 5.95. The Morgan fingerprint density at radius 1 is 0.938 bits per heavy atom. The van der Waals surface area contributed by atoms with Crippen molar-refractivity contribution in [2.45, 2.75) is 15.0 Å². The summed E-state index contributed by atoms with van der Waals surface area (Å²) in [6.45, 7) is -0.409. The molecule has 0 saturated carbocycles. The van der Waals surface area contributed by atoms with Gasteiger partial charge in [0, 0.05) is 30.0 Å². The summed E-state index contributed by atoms with van der Waals surface area (Å²) < 4.78 is 65.2. The van der Waals surface area contributed by atoms with Crippen LogP contribution in [0.3, 0.4) is 0 Å². The quantitative estimate of drug-likeness (QED) is 0.484. The molecule has 0 aliphatic carbocycles. The van der Waals surface area contributed by atoms with Gasteiger partial charge in [-0.05, 0) is 48.0 Å². The van der Waals surface area contributed by atoms with Gasteiger partial charge in [-0.3, -0.25) is 4.98 Å². The Bertz CT molecular complexity index is 1280. The van der Waals surface area contributed by atoms with Crippen LogP contribution in [0.25, 0.3) is 0 Å². The lowest BCUT2D eigenvalue weighted by Gasteiger charge is -2.19. The van der Waals surface area contributed by atoms with E-state index in [-0.39, 0.29) is 15.5 Å². The molecule has 0 saturated heterocycles. The van der Waals surface area contributed by atoms with Gasteiger partial charge in [-0.2, -0.15) is 0 Å². The number of rotatable bonds is 9. The van der Waals surface area contributed by atoms with E-state index < -0.39 is 31.7 Å². The van der Waals surface area contributed by atoms with Crippen LogP contribution in [-0.2, 0) is 19.9 Å². The van der Waals surface area contributed by atoms with Gasteiger partial charge in [0.25, 0.3) is 0 Å². The van der Waals surface area contributed by atoms with Gasteiger partial charge in [0.15, 0.2) is 21.3 Å². The third-order valence-corrected chi connectivity index (χ3v) is 8.49. The summed E-state index contributed by atoms with van der Waals surface area (Å²) in [5.74, 6) is 0.595. The van der Waals surface area contributed by atoms with Crippen molar-refractivity contribution in [3.8, 4) is 11.5 Å². The highest BCUT2D eigenvalue weighted by atomic mass is 35.5. The molecule has 0 fully saturated rings. The smallest absolute Gasteiger partial charge is 0.240 e. The number of halogens is 1. The van der Waals surface area contributed by atoms with E-state index >= 15 is 0 Å². The summed E-state index contributed by atoms with van der Waals surface area (Å²) in [5.41, 5.74) is 0.345. The molecule has 3 aromatic rings. The zero-order valence-electron chi connectivity index (χ0n) is 17.2. The second-order valence-corrected chi connectivity index (χ2v) is 11.0. The molecular weight excluding hydrogens is 476 g/mol. The molecular formula is C21H21ClN2O6S2. The molecule has 1 heterocycles. The number of ether oxygens (including phenoxy) is 2. The van der Waals surface area contributed by atoms with Crippen LogP contribution in [0, 0.1) is 0 Å². The number of sulfone groups is 1. The fourth-order valence-electron chi connectivity index (χ4n) is 3.01. The summed E-state index contributed by atoms with van der Waals surface area (Å²) in [7, 11) is -5.21. The maximum Gasteiger partial charge on any atom is 0.240 e. The first-order valence-electron chi connectivity index (χ1n) is 9.30. The van der Waals surface area contributed by atoms with E-state index in [2.05, 4.69) is 9.71 Å². The Balaban J connectivity index is 1.95. The molecule has 0 aliphatic rings. The maximum atomic E-state index is 13.3. The highest BCUT2D eigenvalue weighted by Gasteiger charge is 2.31. The van der Waals surface area contributed by atoms with Crippen LogP contribution in [-0.4, -0.2) is 42.6 Å². The number of hydrogen-bond acceptors (Lipinski definition) is 7. The second-order valence-electron chi connectivity index (χ2n) is 6.64. The van der Waals surface area contributed by atoms with E-state index in [0.717, 1.165) is 0 Å². The number of nitrogens with one attached hydrogen (secondary N) is 1. The average molecular weight is 497 g/mol. The van der Waals surface area contributed by atoms with Crippen molar-refractivity contribution in [2.24, 2.45) is 0 Å². The van der Waals surface area contributed by atoms with Crippen molar-refractivity contribution in [1.82, 2.24) is 9.71 Å². The van der Waals surface area contributed by atoms with Crippen LogP contribution in [0.5, 0.6) is 11.5 Å². The minimum Gasteiger partial charge on any atom is -0.493 e. The van der Waals surface area contributed by atoms with Gasteiger partial charge in [0.05, 0.1) is 24.0 Å². The van der Waals surface area contributed by atoms with Gasteiger partial charge >= 0.3 is 0 Å². The standard InChI is InChI=1S/C21H21ClN2O6S2/c1-29-19-10-9-18(12-20(19)30-2)32(27,28)24-14-21(15-4-3-11-23-13-15)31(25,26)17-7-5-16(22)6-8-17/h3-13,21,24H,14H2,1-2H3/t21-/m0/s1. The number of aromatic nitrogens is 1. The predicted octanol–water partition coefficient (Wildman–Crippen LogP) is 3.25. The molecule has 3 rings (SSSR count). The SMILES string of the molecule is COc1ccc(S(=O)(=O)NC[C@@H](c2cccnc2)S(=O)(=O)c2ccc(Cl)cc2)cc1OC. The molecule has 0 aliphatic heterocycles. The van der Waals surface area contributed by atoms with Gasteiger partial charge < -0.3 is 9.47 Å². The Morgan fingerprint density at radius 2 is 1.59 bits per heavy atom. The zero-order valence-corrected chi connectivity index (χ0v) is 19.6. The van der Waals surface area contributed by atoms with Crippen molar-refractivity contribution in [3.05, 3.63) is 77.6 Å². The molecule has 0 amide bonds. The average Bonchev–Trinajstić information content (AvgIpc) is 2.79. The third kappa shape index (κ3) is 5.21. The van der Waals surface area contributed by atoms with Crippen molar-refractivity contribution >= 4 is 31.5 Å². The summed E-state index contributed by atoms with van der Waals surface area (Å²) in [6.07, 6.45) is 2.89.